The number of pyridine rings is 1. The van der Waals surface area contributed by atoms with Gasteiger partial charge in [-0.1, -0.05) is 30.0 Å². The molecule has 6 rings (SSSR count). The van der Waals surface area contributed by atoms with Gasteiger partial charge in [-0.15, -0.1) is 0 Å². The third-order valence-electron chi connectivity index (χ3n) is 7.37. The molecule has 4 heterocycles. The van der Waals surface area contributed by atoms with E-state index in [2.05, 4.69) is 21.8 Å². The second-order valence-corrected chi connectivity index (χ2v) is 11.1. The van der Waals surface area contributed by atoms with Crippen LogP contribution in [0, 0.1) is 18.4 Å². The van der Waals surface area contributed by atoms with Crippen molar-refractivity contribution in [1.82, 2.24) is 20.5 Å². The Hall–Kier alpha value is -4.23. The zero-order valence-electron chi connectivity index (χ0n) is 21.5. The molecule has 2 aromatic carbocycles. The molecule has 198 valence electrons. The number of nitrogens with one attached hydrogen (secondary N) is 2. The third kappa shape index (κ3) is 4.86. The summed E-state index contributed by atoms with van der Waals surface area (Å²) in [5, 5.41) is 15.7. The van der Waals surface area contributed by atoms with Crippen LogP contribution >= 0.6 is 11.8 Å². The Bertz CT molecular complexity index is 1460. The molecule has 3 aliphatic rings. The molecule has 0 spiro atoms. The van der Waals surface area contributed by atoms with Gasteiger partial charge in [0.15, 0.2) is 6.19 Å². The lowest BCUT2D eigenvalue weighted by Gasteiger charge is -2.35. The van der Waals surface area contributed by atoms with Gasteiger partial charge >= 0.3 is 6.03 Å². The minimum atomic E-state index is -0.516. The molecule has 1 fully saturated rings. The van der Waals surface area contributed by atoms with Gasteiger partial charge < -0.3 is 20.3 Å². The van der Waals surface area contributed by atoms with Crippen LogP contribution < -0.4 is 20.3 Å². The molecule has 3 unspecified atom stereocenters. The SMILES string of the molecule is Cc1cc(Oc2ccccc2)ccc1N1C(=O)NC2c3c1ccnc3SC2C(=O)NC1CCCN(C#N)CC1. The lowest BCUT2D eigenvalue weighted by Crippen LogP contribution is -2.50. The summed E-state index contributed by atoms with van der Waals surface area (Å²) < 4.78 is 5.97. The van der Waals surface area contributed by atoms with Crippen LogP contribution in [0.15, 0.2) is 65.8 Å². The molecule has 0 bridgehead atoms. The molecule has 10 heteroatoms. The largest absolute Gasteiger partial charge is 0.457 e. The topological polar surface area (TPSA) is 111 Å². The standard InChI is InChI=1S/C29H28N6O3S/c1-18-16-21(38-20-7-3-2-4-8-20)9-10-22(18)35-23-11-13-31-28-24(23)25(33-29(35)37)26(39-28)27(36)32-19-6-5-14-34(17-30)15-12-19/h2-4,7-11,13,16,19,25-26H,5-6,12,14-15H2,1H3,(H,32,36)(H,33,37). The van der Waals surface area contributed by atoms with Crippen LogP contribution in [0.25, 0.3) is 0 Å². The summed E-state index contributed by atoms with van der Waals surface area (Å²) in [6.45, 7) is 3.29. The number of urea groups is 1. The molecule has 2 N–H and O–H groups in total. The normalized spacial score (nSPS) is 21.8. The second kappa shape index (κ2) is 10.5. The van der Waals surface area contributed by atoms with Gasteiger partial charge in [0, 0.05) is 30.9 Å². The maximum atomic E-state index is 13.5. The molecular weight excluding hydrogens is 512 g/mol. The van der Waals surface area contributed by atoms with Crippen molar-refractivity contribution in [3.8, 4) is 17.7 Å². The highest BCUT2D eigenvalue weighted by Gasteiger charge is 2.47. The number of para-hydroxylation sites is 1. The highest BCUT2D eigenvalue weighted by molar-refractivity contribution is 8.01. The minimum Gasteiger partial charge on any atom is -0.457 e. The van der Waals surface area contributed by atoms with Crippen LogP contribution in [0.3, 0.4) is 0 Å². The van der Waals surface area contributed by atoms with Gasteiger partial charge in [-0.05, 0) is 68.1 Å². The summed E-state index contributed by atoms with van der Waals surface area (Å²) in [7, 11) is 0. The number of hydrogen-bond donors (Lipinski definition) is 2. The van der Waals surface area contributed by atoms with Crippen molar-refractivity contribution in [1.29, 1.82) is 5.26 Å². The van der Waals surface area contributed by atoms with Crippen LogP contribution in [0.1, 0.15) is 36.4 Å². The fourth-order valence-corrected chi connectivity index (χ4v) is 6.69. The van der Waals surface area contributed by atoms with E-state index in [0.717, 1.165) is 52.5 Å². The Morgan fingerprint density at radius 3 is 2.77 bits per heavy atom. The van der Waals surface area contributed by atoms with Crippen LogP contribution in [-0.4, -0.2) is 46.2 Å². The predicted octanol–water partition coefficient (Wildman–Crippen LogP) is 5.01. The molecule has 3 atom stereocenters. The summed E-state index contributed by atoms with van der Waals surface area (Å²) in [6, 6.07) is 16.3. The monoisotopic (exact) mass is 540 g/mol. The van der Waals surface area contributed by atoms with E-state index in [1.54, 1.807) is 16.0 Å². The van der Waals surface area contributed by atoms with Gasteiger partial charge in [-0.3, -0.25) is 9.69 Å². The van der Waals surface area contributed by atoms with Crippen molar-refractivity contribution < 1.29 is 14.3 Å². The van der Waals surface area contributed by atoms with E-state index in [-0.39, 0.29) is 18.0 Å². The number of benzene rings is 2. The van der Waals surface area contributed by atoms with Gasteiger partial charge in [0.1, 0.15) is 21.8 Å². The van der Waals surface area contributed by atoms with Crippen molar-refractivity contribution in [2.45, 2.75) is 48.5 Å². The van der Waals surface area contributed by atoms with Crippen LogP contribution in [-0.2, 0) is 4.79 Å². The van der Waals surface area contributed by atoms with Gasteiger partial charge in [-0.2, -0.15) is 5.26 Å². The van der Waals surface area contributed by atoms with E-state index in [9.17, 15) is 14.9 Å². The van der Waals surface area contributed by atoms with Gasteiger partial charge in [0.05, 0.1) is 17.4 Å². The van der Waals surface area contributed by atoms with Crippen molar-refractivity contribution in [3.05, 3.63) is 71.9 Å². The Labute approximate surface area is 231 Å². The zero-order valence-corrected chi connectivity index (χ0v) is 22.3. The lowest BCUT2D eigenvalue weighted by molar-refractivity contribution is -0.121. The van der Waals surface area contributed by atoms with E-state index >= 15 is 0 Å². The summed E-state index contributed by atoms with van der Waals surface area (Å²) in [5.74, 6) is 1.31. The van der Waals surface area contributed by atoms with Crippen molar-refractivity contribution in [2.24, 2.45) is 0 Å². The average Bonchev–Trinajstić information content (AvgIpc) is 3.15. The summed E-state index contributed by atoms with van der Waals surface area (Å²) in [4.78, 5) is 34.9. The first kappa shape index (κ1) is 25.1. The first-order chi connectivity index (χ1) is 19.0. The molecule has 9 nitrogen and oxygen atoms in total. The number of thioether (sulfide) groups is 1. The zero-order chi connectivity index (χ0) is 26.9. The van der Waals surface area contributed by atoms with Crippen LogP contribution in [0.5, 0.6) is 11.5 Å². The number of carbonyl (C=O) groups is 2. The highest BCUT2D eigenvalue weighted by atomic mass is 32.2. The number of ether oxygens (including phenoxy) is 1. The number of anilines is 2. The number of aryl methyl sites for hydroxylation is 1. The van der Waals surface area contributed by atoms with Gasteiger partial charge in [-0.25, -0.2) is 9.78 Å². The highest BCUT2D eigenvalue weighted by Crippen LogP contribution is 2.51. The molecular formula is C29H28N6O3S. The van der Waals surface area contributed by atoms with E-state index in [1.165, 1.54) is 11.8 Å². The average molecular weight is 541 g/mol. The molecule has 1 saturated heterocycles. The number of rotatable bonds is 5. The number of aromatic nitrogens is 1. The minimum absolute atomic E-state index is 0.00246. The number of nitriles is 1. The van der Waals surface area contributed by atoms with Crippen LogP contribution in [0.2, 0.25) is 0 Å². The number of amides is 3. The Morgan fingerprint density at radius 2 is 1.97 bits per heavy atom. The van der Waals surface area contributed by atoms with E-state index in [4.69, 9.17) is 4.74 Å². The third-order valence-corrected chi connectivity index (χ3v) is 8.66. The Morgan fingerprint density at radius 1 is 1.13 bits per heavy atom. The maximum Gasteiger partial charge on any atom is 0.327 e. The number of likely N-dealkylation sites (tertiary alicyclic amines) is 1. The first-order valence-corrected chi connectivity index (χ1v) is 13.9. The summed E-state index contributed by atoms with van der Waals surface area (Å²) in [6.07, 6.45) is 6.29. The quantitative estimate of drug-likeness (QED) is 0.438. The number of hydrogen-bond acceptors (Lipinski definition) is 7. The Kier molecular flexibility index (Phi) is 6.75. The predicted molar refractivity (Wildman–Crippen MR) is 148 cm³/mol. The smallest absolute Gasteiger partial charge is 0.327 e. The molecule has 0 saturated carbocycles. The molecule has 39 heavy (non-hydrogen) atoms. The van der Waals surface area contributed by atoms with E-state index in [0.29, 0.717) is 18.8 Å². The van der Waals surface area contributed by atoms with Gasteiger partial charge in [0.25, 0.3) is 0 Å². The first-order valence-electron chi connectivity index (χ1n) is 13.1. The van der Waals surface area contributed by atoms with Gasteiger partial charge in [0.2, 0.25) is 5.91 Å². The number of nitrogens with zero attached hydrogens (tertiary/aromatic N) is 4. The van der Waals surface area contributed by atoms with Crippen LogP contribution in [0.4, 0.5) is 16.2 Å². The van der Waals surface area contributed by atoms with Crippen molar-refractivity contribution in [2.75, 3.05) is 18.0 Å². The fraction of sp³-hybridized carbons (Fsp3) is 0.310. The van der Waals surface area contributed by atoms with Crippen molar-refractivity contribution >= 4 is 35.1 Å². The lowest BCUT2D eigenvalue weighted by atomic mass is 9.99. The fourth-order valence-electron chi connectivity index (χ4n) is 5.46. The molecule has 3 aliphatic heterocycles. The molecule has 1 aromatic heterocycles. The summed E-state index contributed by atoms with van der Waals surface area (Å²) >= 11 is 1.39. The van der Waals surface area contributed by atoms with E-state index in [1.807, 2.05) is 61.5 Å². The van der Waals surface area contributed by atoms with E-state index < -0.39 is 11.3 Å². The molecule has 0 radical (unpaired) electrons. The molecule has 3 aromatic rings. The van der Waals surface area contributed by atoms with Crippen molar-refractivity contribution in [3.63, 3.8) is 0 Å². The Balaban J connectivity index is 1.23. The summed E-state index contributed by atoms with van der Waals surface area (Å²) in [5.41, 5.74) is 3.21. The second-order valence-electron chi connectivity index (χ2n) is 9.94. The number of carbonyl (C=O) groups excluding carboxylic acids is 2. The maximum absolute atomic E-state index is 13.5. The molecule has 3 amide bonds. The molecule has 0 aliphatic carbocycles.